The Bertz CT molecular complexity index is 1080. The lowest BCUT2D eigenvalue weighted by Gasteiger charge is -2.11. The highest BCUT2D eigenvalue weighted by atomic mass is 32.2. The molecular formula is C21H24N4O3S2. The van der Waals surface area contributed by atoms with Crippen LogP contribution in [0.25, 0.3) is 5.69 Å². The summed E-state index contributed by atoms with van der Waals surface area (Å²) in [5, 5.41) is 11.6. The van der Waals surface area contributed by atoms with Gasteiger partial charge in [-0.3, -0.25) is 9.36 Å². The number of thioether (sulfide) groups is 1. The fraction of sp³-hybridized carbons (Fsp3) is 0.286. The van der Waals surface area contributed by atoms with Gasteiger partial charge in [-0.1, -0.05) is 62.0 Å². The van der Waals surface area contributed by atoms with Crippen molar-refractivity contribution in [1.82, 2.24) is 20.1 Å². The molecular weight excluding hydrogens is 420 g/mol. The summed E-state index contributed by atoms with van der Waals surface area (Å²) in [4.78, 5) is 12.3. The van der Waals surface area contributed by atoms with Crippen LogP contribution in [0.1, 0.15) is 19.7 Å². The quantitative estimate of drug-likeness (QED) is 0.510. The largest absolute Gasteiger partial charge is 0.355 e. The van der Waals surface area contributed by atoms with Crippen LogP contribution in [0.2, 0.25) is 0 Å². The molecule has 7 nitrogen and oxygen atoms in total. The molecule has 0 saturated heterocycles. The average Bonchev–Trinajstić information content (AvgIpc) is 3.13. The van der Waals surface area contributed by atoms with Crippen molar-refractivity contribution < 1.29 is 13.2 Å². The minimum Gasteiger partial charge on any atom is -0.355 e. The Hall–Kier alpha value is -2.65. The second-order valence-electron chi connectivity index (χ2n) is 7.13. The Morgan fingerprint density at radius 2 is 1.67 bits per heavy atom. The molecule has 0 aliphatic carbocycles. The average molecular weight is 445 g/mol. The van der Waals surface area contributed by atoms with E-state index in [1.807, 2.05) is 44.2 Å². The third-order valence-electron chi connectivity index (χ3n) is 4.18. The fourth-order valence-electron chi connectivity index (χ4n) is 2.70. The number of sulfone groups is 1. The van der Waals surface area contributed by atoms with Gasteiger partial charge in [0.2, 0.25) is 5.91 Å². The van der Waals surface area contributed by atoms with E-state index in [2.05, 4.69) is 15.5 Å². The summed E-state index contributed by atoms with van der Waals surface area (Å²) < 4.78 is 27.4. The highest BCUT2D eigenvalue weighted by molar-refractivity contribution is 7.99. The maximum absolute atomic E-state index is 12.9. The second kappa shape index (κ2) is 9.90. The molecule has 0 atom stereocenters. The van der Waals surface area contributed by atoms with E-state index in [1.54, 1.807) is 34.9 Å². The normalized spacial score (nSPS) is 11.6. The molecule has 158 valence electrons. The number of rotatable bonds is 9. The van der Waals surface area contributed by atoms with Gasteiger partial charge in [-0.15, -0.1) is 10.2 Å². The van der Waals surface area contributed by atoms with Gasteiger partial charge >= 0.3 is 0 Å². The lowest BCUT2D eigenvalue weighted by molar-refractivity contribution is -0.118. The molecule has 0 saturated carbocycles. The second-order valence-corrected chi connectivity index (χ2v) is 10.1. The number of hydrogen-bond donors (Lipinski definition) is 1. The molecule has 3 aromatic rings. The molecule has 1 heterocycles. The van der Waals surface area contributed by atoms with E-state index in [0.717, 1.165) is 5.69 Å². The van der Waals surface area contributed by atoms with E-state index >= 15 is 0 Å². The Kier molecular flexibility index (Phi) is 7.28. The van der Waals surface area contributed by atoms with Gasteiger partial charge in [0.05, 0.1) is 10.6 Å². The number of amides is 1. The molecule has 1 aromatic heterocycles. The van der Waals surface area contributed by atoms with Gasteiger partial charge in [-0.05, 0) is 30.2 Å². The lowest BCUT2D eigenvalue weighted by Crippen LogP contribution is -2.28. The maximum Gasteiger partial charge on any atom is 0.230 e. The molecule has 1 amide bonds. The van der Waals surface area contributed by atoms with Crippen molar-refractivity contribution in [3.8, 4) is 5.69 Å². The van der Waals surface area contributed by atoms with Crippen molar-refractivity contribution in [2.24, 2.45) is 5.92 Å². The summed E-state index contributed by atoms with van der Waals surface area (Å²) in [6, 6.07) is 17.6. The maximum atomic E-state index is 12.9. The Balaban J connectivity index is 1.87. The molecule has 9 heteroatoms. The third-order valence-corrected chi connectivity index (χ3v) is 6.73. The van der Waals surface area contributed by atoms with Crippen LogP contribution in [0, 0.1) is 5.92 Å². The van der Waals surface area contributed by atoms with Crippen molar-refractivity contribution in [3.63, 3.8) is 0 Å². The zero-order valence-electron chi connectivity index (χ0n) is 16.9. The molecule has 0 spiro atoms. The summed E-state index contributed by atoms with van der Waals surface area (Å²) in [5.41, 5.74) is 0.742. The minimum absolute atomic E-state index is 0.102. The third kappa shape index (κ3) is 5.70. The number of nitrogens with one attached hydrogen (secondary N) is 1. The molecule has 0 aliphatic rings. The summed E-state index contributed by atoms with van der Waals surface area (Å²) in [6.07, 6.45) is 0. The highest BCUT2D eigenvalue weighted by Gasteiger charge is 2.22. The number of benzene rings is 2. The van der Waals surface area contributed by atoms with Crippen molar-refractivity contribution in [1.29, 1.82) is 0 Å². The van der Waals surface area contributed by atoms with E-state index in [-0.39, 0.29) is 22.3 Å². The SMILES string of the molecule is CC(C)CNC(=O)CSc1nnc(CS(=O)(=O)c2ccccc2)n1-c1ccccc1. The summed E-state index contributed by atoms with van der Waals surface area (Å²) in [5.74, 6) is 0.439. The van der Waals surface area contributed by atoms with Crippen molar-refractivity contribution in [2.75, 3.05) is 12.3 Å². The smallest absolute Gasteiger partial charge is 0.230 e. The van der Waals surface area contributed by atoms with Gasteiger partial charge in [-0.25, -0.2) is 8.42 Å². The molecule has 0 unspecified atom stereocenters. The number of carbonyl (C=O) groups excluding carboxylic acids is 1. The van der Waals surface area contributed by atoms with Gasteiger partial charge < -0.3 is 5.32 Å². The summed E-state index contributed by atoms with van der Waals surface area (Å²) in [6.45, 7) is 4.66. The van der Waals surface area contributed by atoms with Crippen molar-refractivity contribution >= 4 is 27.5 Å². The van der Waals surface area contributed by atoms with Crippen LogP contribution in [0.4, 0.5) is 0 Å². The topological polar surface area (TPSA) is 94.0 Å². The standard InChI is InChI=1S/C21H24N4O3S2/c1-16(2)13-22-20(26)14-29-21-24-23-19(25(21)17-9-5-3-6-10-17)15-30(27,28)18-11-7-4-8-12-18/h3-12,16H,13-15H2,1-2H3,(H,22,26). The molecule has 3 rings (SSSR count). The van der Waals surface area contributed by atoms with E-state index in [1.165, 1.54) is 11.8 Å². The first-order chi connectivity index (χ1) is 14.4. The van der Waals surface area contributed by atoms with Crippen LogP contribution in [0.3, 0.4) is 0 Å². The first-order valence-electron chi connectivity index (χ1n) is 9.54. The van der Waals surface area contributed by atoms with Crippen LogP contribution >= 0.6 is 11.8 Å². The predicted molar refractivity (Wildman–Crippen MR) is 117 cm³/mol. The van der Waals surface area contributed by atoms with Crippen LogP contribution in [-0.2, 0) is 20.4 Å². The van der Waals surface area contributed by atoms with Crippen molar-refractivity contribution in [3.05, 3.63) is 66.5 Å². The van der Waals surface area contributed by atoms with Gasteiger partial charge in [0.25, 0.3) is 0 Å². The number of hydrogen-bond acceptors (Lipinski definition) is 6. The Morgan fingerprint density at radius 1 is 1.03 bits per heavy atom. The zero-order valence-corrected chi connectivity index (χ0v) is 18.5. The first-order valence-corrected chi connectivity index (χ1v) is 12.2. The molecule has 0 fully saturated rings. The van der Waals surface area contributed by atoms with Crippen LogP contribution in [0.15, 0.2) is 70.7 Å². The van der Waals surface area contributed by atoms with Gasteiger partial charge in [0.15, 0.2) is 20.8 Å². The number of aromatic nitrogens is 3. The molecule has 2 aromatic carbocycles. The first kappa shape index (κ1) is 22.0. The predicted octanol–water partition coefficient (Wildman–Crippen LogP) is 3.11. The Morgan fingerprint density at radius 3 is 2.30 bits per heavy atom. The Labute approximate surface area is 180 Å². The summed E-state index contributed by atoms with van der Waals surface area (Å²) >= 11 is 1.23. The van der Waals surface area contributed by atoms with Crippen LogP contribution in [0.5, 0.6) is 0 Å². The fourth-order valence-corrected chi connectivity index (χ4v) is 4.77. The van der Waals surface area contributed by atoms with E-state index < -0.39 is 9.84 Å². The van der Waals surface area contributed by atoms with Gasteiger partial charge in [0.1, 0.15) is 5.75 Å². The van der Waals surface area contributed by atoms with Gasteiger partial charge in [-0.2, -0.15) is 0 Å². The highest BCUT2D eigenvalue weighted by Crippen LogP contribution is 2.24. The van der Waals surface area contributed by atoms with E-state index in [0.29, 0.717) is 23.4 Å². The lowest BCUT2D eigenvalue weighted by atomic mass is 10.2. The number of para-hydroxylation sites is 1. The molecule has 0 bridgehead atoms. The van der Waals surface area contributed by atoms with E-state index in [9.17, 15) is 13.2 Å². The zero-order chi connectivity index (χ0) is 21.6. The number of carbonyl (C=O) groups is 1. The molecule has 0 aliphatic heterocycles. The van der Waals surface area contributed by atoms with Gasteiger partial charge in [0, 0.05) is 12.2 Å². The summed E-state index contributed by atoms with van der Waals surface area (Å²) in [7, 11) is -3.59. The minimum atomic E-state index is -3.59. The monoisotopic (exact) mass is 444 g/mol. The molecule has 0 radical (unpaired) electrons. The van der Waals surface area contributed by atoms with E-state index in [4.69, 9.17) is 0 Å². The number of nitrogens with zero attached hydrogens (tertiary/aromatic N) is 3. The molecule has 1 N–H and O–H groups in total. The van der Waals surface area contributed by atoms with Crippen LogP contribution in [-0.4, -0.2) is 41.4 Å². The van der Waals surface area contributed by atoms with Crippen molar-refractivity contribution in [2.45, 2.75) is 29.7 Å². The molecule has 30 heavy (non-hydrogen) atoms. The van der Waals surface area contributed by atoms with Crippen LogP contribution < -0.4 is 5.32 Å².